The van der Waals surface area contributed by atoms with Crippen molar-refractivity contribution < 1.29 is 0 Å². The minimum atomic E-state index is 0.536. The van der Waals surface area contributed by atoms with Crippen LogP contribution >= 0.6 is 22.9 Å². The van der Waals surface area contributed by atoms with Crippen LogP contribution in [0.25, 0.3) is 21.6 Å². The number of fused-ring (bicyclic) bond motifs is 1. The van der Waals surface area contributed by atoms with Crippen LogP contribution in [0.3, 0.4) is 0 Å². The molecular weight excluding hydrogens is 288 g/mol. The standard InChI is InChI=1S/C16H15ClN2S/c1-4-11-5-6-13(20-11)16-18-12-8-9(2)7-10(3)14(12)15(17)19-16/h5-8H,4H2,1-3H3. The van der Waals surface area contributed by atoms with Crippen molar-refractivity contribution in [2.24, 2.45) is 0 Å². The maximum atomic E-state index is 6.36. The minimum Gasteiger partial charge on any atom is -0.227 e. The summed E-state index contributed by atoms with van der Waals surface area (Å²) in [6.45, 7) is 6.27. The summed E-state index contributed by atoms with van der Waals surface area (Å²) in [6.07, 6.45) is 1.03. The van der Waals surface area contributed by atoms with E-state index >= 15 is 0 Å². The highest BCUT2D eigenvalue weighted by Crippen LogP contribution is 2.31. The SMILES string of the molecule is CCc1ccc(-c2nc(Cl)c3c(C)cc(C)cc3n2)s1. The van der Waals surface area contributed by atoms with Crippen LogP contribution in [0.1, 0.15) is 22.9 Å². The molecule has 102 valence electrons. The number of halogens is 1. The number of aromatic nitrogens is 2. The highest BCUT2D eigenvalue weighted by molar-refractivity contribution is 7.15. The zero-order chi connectivity index (χ0) is 14.3. The number of rotatable bonds is 2. The van der Waals surface area contributed by atoms with Gasteiger partial charge >= 0.3 is 0 Å². The second-order valence-corrected chi connectivity index (χ2v) is 6.46. The highest BCUT2D eigenvalue weighted by Gasteiger charge is 2.12. The van der Waals surface area contributed by atoms with E-state index in [4.69, 9.17) is 16.6 Å². The molecule has 3 rings (SSSR count). The maximum Gasteiger partial charge on any atom is 0.171 e. The fourth-order valence-electron chi connectivity index (χ4n) is 2.39. The summed E-state index contributed by atoms with van der Waals surface area (Å²) in [6, 6.07) is 8.37. The molecule has 0 saturated carbocycles. The first kappa shape index (κ1) is 13.5. The Morgan fingerprint density at radius 3 is 2.65 bits per heavy atom. The average Bonchev–Trinajstić information content (AvgIpc) is 2.85. The quantitative estimate of drug-likeness (QED) is 0.609. The van der Waals surface area contributed by atoms with Gasteiger partial charge in [-0.2, -0.15) is 0 Å². The largest absolute Gasteiger partial charge is 0.227 e. The van der Waals surface area contributed by atoms with Crippen LogP contribution in [0.5, 0.6) is 0 Å². The van der Waals surface area contributed by atoms with Crippen molar-refractivity contribution in [3.63, 3.8) is 0 Å². The second-order valence-electron chi connectivity index (χ2n) is 4.93. The fourth-order valence-corrected chi connectivity index (χ4v) is 3.60. The van der Waals surface area contributed by atoms with Gasteiger partial charge in [0.25, 0.3) is 0 Å². The summed E-state index contributed by atoms with van der Waals surface area (Å²) in [5.41, 5.74) is 3.23. The number of aryl methyl sites for hydroxylation is 3. The Kier molecular flexibility index (Phi) is 3.48. The van der Waals surface area contributed by atoms with Crippen molar-refractivity contribution in [2.45, 2.75) is 27.2 Å². The van der Waals surface area contributed by atoms with E-state index in [1.54, 1.807) is 11.3 Å². The molecule has 0 aliphatic rings. The van der Waals surface area contributed by atoms with E-state index in [0.29, 0.717) is 5.15 Å². The number of benzene rings is 1. The molecule has 0 aliphatic carbocycles. The van der Waals surface area contributed by atoms with Gasteiger partial charge in [0.2, 0.25) is 0 Å². The first-order chi connectivity index (χ1) is 9.58. The lowest BCUT2D eigenvalue weighted by molar-refractivity contribution is 1.19. The predicted molar refractivity (Wildman–Crippen MR) is 86.7 cm³/mol. The van der Waals surface area contributed by atoms with Crippen LogP contribution in [0.15, 0.2) is 24.3 Å². The maximum absolute atomic E-state index is 6.36. The summed E-state index contributed by atoms with van der Waals surface area (Å²) in [5.74, 6) is 0.720. The topological polar surface area (TPSA) is 25.8 Å². The smallest absolute Gasteiger partial charge is 0.171 e. The molecule has 0 amide bonds. The first-order valence-corrected chi connectivity index (χ1v) is 7.81. The normalized spacial score (nSPS) is 11.2. The number of nitrogens with zero attached hydrogens (tertiary/aromatic N) is 2. The third-order valence-corrected chi connectivity index (χ3v) is 4.83. The Morgan fingerprint density at radius 2 is 1.95 bits per heavy atom. The molecular formula is C16H15ClN2S. The third kappa shape index (κ3) is 2.32. The van der Waals surface area contributed by atoms with E-state index in [1.165, 1.54) is 10.4 Å². The molecule has 0 fully saturated rings. The van der Waals surface area contributed by atoms with Gasteiger partial charge < -0.3 is 0 Å². The average molecular weight is 303 g/mol. The molecule has 2 aromatic heterocycles. The fraction of sp³-hybridized carbons (Fsp3) is 0.250. The Labute approximate surface area is 127 Å². The molecule has 4 heteroatoms. The highest BCUT2D eigenvalue weighted by atomic mass is 35.5. The summed E-state index contributed by atoms with van der Waals surface area (Å²) in [4.78, 5) is 11.6. The van der Waals surface area contributed by atoms with Crippen molar-refractivity contribution in [1.29, 1.82) is 0 Å². The lowest BCUT2D eigenvalue weighted by atomic mass is 10.1. The minimum absolute atomic E-state index is 0.536. The van der Waals surface area contributed by atoms with E-state index in [2.05, 4.69) is 43.1 Å². The van der Waals surface area contributed by atoms with Crippen LogP contribution in [0.4, 0.5) is 0 Å². The molecule has 0 bridgehead atoms. The van der Waals surface area contributed by atoms with Gasteiger partial charge in [0.15, 0.2) is 5.82 Å². The van der Waals surface area contributed by atoms with E-state index in [-0.39, 0.29) is 0 Å². The van der Waals surface area contributed by atoms with Crippen LogP contribution < -0.4 is 0 Å². The summed E-state index contributed by atoms with van der Waals surface area (Å²) >= 11 is 8.09. The van der Waals surface area contributed by atoms with Crippen molar-refractivity contribution >= 4 is 33.8 Å². The molecule has 0 radical (unpaired) electrons. The molecule has 0 aliphatic heterocycles. The molecule has 20 heavy (non-hydrogen) atoms. The van der Waals surface area contributed by atoms with Crippen molar-refractivity contribution in [3.05, 3.63) is 45.4 Å². The molecule has 0 N–H and O–H groups in total. The van der Waals surface area contributed by atoms with Crippen molar-refractivity contribution in [1.82, 2.24) is 9.97 Å². The van der Waals surface area contributed by atoms with Gasteiger partial charge in [-0.3, -0.25) is 0 Å². The first-order valence-electron chi connectivity index (χ1n) is 6.62. The lowest BCUT2D eigenvalue weighted by Crippen LogP contribution is -1.93. The van der Waals surface area contributed by atoms with Crippen LogP contribution in [-0.4, -0.2) is 9.97 Å². The third-order valence-electron chi connectivity index (χ3n) is 3.33. The second kappa shape index (κ2) is 5.15. The molecule has 0 atom stereocenters. The Bertz CT molecular complexity index is 793. The van der Waals surface area contributed by atoms with Crippen LogP contribution in [-0.2, 0) is 6.42 Å². The summed E-state index contributed by atoms with van der Waals surface area (Å²) in [5, 5.41) is 1.49. The van der Waals surface area contributed by atoms with E-state index < -0.39 is 0 Å². The molecule has 3 aromatic rings. The molecule has 1 aromatic carbocycles. The van der Waals surface area contributed by atoms with Crippen molar-refractivity contribution in [2.75, 3.05) is 0 Å². The van der Waals surface area contributed by atoms with Crippen molar-refractivity contribution in [3.8, 4) is 10.7 Å². The van der Waals surface area contributed by atoms with Gasteiger partial charge in [-0.05, 0) is 49.6 Å². The van der Waals surface area contributed by atoms with Gasteiger partial charge in [0.1, 0.15) is 5.15 Å². The van der Waals surface area contributed by atoms with Gasteiger partial charge in [-0.1, -0.05) is 24.6 Å². The molecule has 0 spiro atoms. The zero-order valence-electron chi connectivity index (χ0n) is 11.7. The summed E-state index contributed by atoms with van der Waals surface area (Å²) < 4.78 is 0. The Hall–Kier alpha value is -1.45. The van der Waals surface area contributed by atoms with E-state index in [0.717, 1.165) is 33.6 Å². The van der Waals surface area contributed by atoms with Crippen LogP contribution in [0.2, 0.25) is 5.15 Å². The molecule has 2 heterocycles. The van der Waals surface area contributed by atoms with E-state index in [9.17, 15) is 0 Å². The van der Waals surface area contributed by atoms with Gasteiger partial charge in [-0.15, -0.1) is 11.3 Å². The zero-order valence-corrected chi connectivity index (χ0v) is 13.3. The number of hydrogen-bond donors (Lipinski definition) is 0. The molecule has 0 saturated heterocycles. The monoisotopic (exact) mass is 302 g/mol. The summed E-state index contributed by atoms with van der Waals surface area (Å²) in [7, 11) is 0. The molecule has 2 nitrogen and oxygen atoms in total. The Morgan fingerprint density at radius 1 is 1.15 bits per heavy atom. The predicted octanol–water partition coefficient (Wildman–Crippen LogP) is 5.19. The number of thiophene rings is 1. The van der Waals surface area contributed by atoms with Crippen LogP contribution in [0, 0.1) is 13.8 Å². The van der Waals surface area contributed by atoms with Gasteiger partial charge in [0.05, 0.1) is 10.4 Å². The molecule has 0 unspecified atom stereocenters. The Balaban J connectivity index is 2.23. The van der Waals surface area contributed by atoms with Gasteiger partial charge in [-0.25, -0.2) is 9.97 Å². The van der Waals surface area contributed by atoms with E-state index in [1.807, 2.05) is 6.92 Å². The lowest BCUT2D eigenvalue weighted by Gasteiger charge is -2.07. The van der Waals surface area contributed by atoms with Gasteiger partial charge in [0, 0.05) is 10.3 Å². The number of hydrogen-bond acceptors (Lipinski definition) is 3.